The second kappa shape index (κ2) is 4.72. The van der Waals surface area contributed by atoms with E-state index < -0.39 is 0 Å². The molecule has 4 rings (SSSR count). The minimum Gasteiger partial charge on any atom is -0.461 e. The Morgan fingerprint density at radius 1 is 1.15 bits per heavy atom. The molecular formula is C14H12N4OS. The number of fused-ring (bicyclic) bond motifs is 1. The maximum atomic E-state index is 5.41. The molecule has 0 amide bonds. The summed E-state index contributed by atoms with van der Waals surface area (Å²) in [5, 5.41) is 9.26. The summed E-state index contributed by atoms with van der Waals surface area (Å²) in [5.41, 5.74) is 4.72. The molecule has 0 bridgehead atoms. The molecule has 100 valence electrons. The van der Waals surface area contributed by atoms with E-state index in [1.807, 2.05) is 22.9 Å². The van der Waals surface area contributed by atoms with Crippen LogP contribution in [0.25, 0.3) is 11.6 Å². The van der Waals surface area contributed by atoms with Crippen LogP contribution in [0.4, 0.5) is 0 Å². The molecule has 5 nitrogen and oxygen atoms in total. The van der Waals surface area contributed by atoms with E-state index in [9.17, 15) is 0 Å². The van der Waals surface area contributed by atoms with Gasteiger partial charge in [-0.3, -0.25) is 0 Å². The summed E-state index contributed by atoms with van der Waals surface area (Å²) < 4.78 is 7.32. The van der Waals surface area contributed by atoms with Crippen LogP contribution in [-0.4, -0.2) is 20.6 Å². The fraction of sp³-hybridized carbons (Fsp3) is 0.143. The Kier molecular flexibility index (Phi) is 2.74. The van der Waals surface area contributed by atoms with Crippen LogP contribution in [0, 0.1) is 0 Å². The summed E-state index contributed by atoms with van der Waals surface area (Å²) in [6, 6.07) is 14.3. The monoisotopic (exact) mass is 284 g/mol. The molecular weight excluding hydrogens is 272 g/mol. The van der Waals surface area contributed by atoms with E-state index in [0.29, 0.717) is 11.6 Å². The van der Waals surface area contributed by atoms with E-state index in [0.717, 1.165) is 10.9 Å². The summed E-state index contributed by atoms with van der Waals surface area (Å²) in [4.78, 5) is 0. The van der Waals surface area contributed by atoms with Crippen molar-refractivity contribution in [2.45, 2.75) is 11.2 Å². The summed E-state index contributed by atoms with van der Waals surface area (Å²) in [6.07, 6.45) is 1.64. The molecule has 2 aromatic heterocycles. The lowest BCUT2D eigenvalue weighted by Crippen LogP contribution is -2.28. The highest BCUT2D eigenvalue weighted by molar-refractivity contribution is 7.99. The summed E-state index contributed by atoms with van der Waals surface area (Å²) >= 11 is 1.69. The average Bonchev–Trinajstić information content (AvgIpc) is 3.16. The smallest absolute Gasteiger partial charge is 0.219 e. The van der Waals surface area contributed by atoms with Gasteiger partial charge >= 0.3 is 0 Å². The van der Waals surface area contributed by atoms with Gasteiger partial charge in [-0.15, -0.1) is 10.2 Å². The molecule has 20 heavy (non-hydrogen) atoms. The zero-order valence-electron chi connectivity index (χ0n) is 10.6. The van der Waals surface area contributed by atoms with Crippen molar-refractivity contribution in [1.29, 1.82) is 0 Å². The molecule has 3 heterocycles. The zero-order valence-corrected chi connectivity index (χ0v) is 11.4. The number of furan rings is 1. The molecule has 0 aliphatic carbocycles. The lowest BCUT2D eigenvalue weighted by molar-refractivity contribution is 0.568. The highest BCUT2D eigenvalue weighted by atomic mass is 32.2. The second-order valence-electron chi connectivity index (χ2n) is 4.52. The summed E-state index contributed by atoms with van der Waals surface area (Å²) in [6.45, 7) is 0. The van der Waals surface area contributed by atoms with Crippen LogP contribution >= 0.6 is 11.8 Å². The fourth-order valence-electron chi connectivity index (χ4n) is 2.25. The van der Waals surface area contributed by atoms with Crippen LogP contribution in [0.3, 0.4) is 0 Å². The Morgan fingerprint density at radius 3 is 2.85 bits per heavy atom. The molecule has 0 spiro atoms. The van der Waals surface area contributed by atoms with Gasteiger partial charge in [0.15, 0.2) is 5.76 Å². The maximum Gasteiger partial charge on any atom is 0.219 e. The molecule has 1 aromatic carbocycles. The molecule has 1 atom stereocenters. The third-order valence-corrected chi connectivity index (χ3v) is 4.26. The molecule has 3 aromatic rings. The number of benzene rings is 1. The quantitative estimate of drug-likeness (QED) is 0.784. The second-order valence-corrected chi connectivity index (χ2v) is 5.51. The Balaban J connectivity index is 1.70. The molecule has 0 saturated carbocycles. The number of nitrogens with zero attached hydrogens (tertiary/aromatic N) is 3. The van der Waals surface area contributed by atoms with Gasteiger partial charge < -0.3 is 9.84 Å². The first kappa shape index (κ1) is 11.6. The van der Waals surface area contributed by atoms with Gasteiger partial charge in [-0.25, -0.2) is 4.68 Å². The Hall–Kier alpha value is -2.21. The SMILES string of the molecule is c1ccc(C2CSc3nnc(-c4ccco4)n3N2)cc1. The number of rotatable bonds is 2. The van der Waals surface area contributed by atoms with E-state index in [1.165, 1.54) is 5.56 Å². The number of nitrogens with one attached hydrogen (secondary N) is 1. The predicted octanol–water partition coefficient (Wildman–Crippen LogP) is 2.93. The van der Waals surface area contributed by atoms with E-state index in [1.54, 1.807) is 18.0 Å². The van der Waals surface area contributed by atoms with Crippen LogP contribution in [0.1, 0.15) is 11.6 Å². The minimum atomic E-state index is 0.235. The van der Waals surface area contributed by atoms with Crippen LogP contribution < -0.4 is 5.43 Å². The largest absolute Gasteiger partial charge is 0.461 e. The van der Waals surface area contributed by atoms with Crippen molar-refractivity contribution in [3.63, 3.8) is 0 Å². The van der Waals surface area contributed by atoms with Gasteiger partial charge in [0.05, 0.1) is 12.3 Å². The molecule has 0 saturated heterocycles. The highest BCUT2D eigenvalue weighted by Gasteiger charge is 2.25. The zero-order chi connectivity index (χ0) is 13.4. The van der Waals surface area contributed by atoms with Crippen LogP contribution in [-0.2, 0) is 0 Å². The highest BCUT2D eigenvalue weighted by Crippen LogP contribution is 2.32. The Bertz CT molecular complexity index is 708. The average molecular weight is 284 g/mol. The molecule has 1 aliphatic heterocycles. The van der Waals surface area contributed by atoms with Crippen molar-refractivity contribution in [2.24, 2.45) is 0 Å². The summed E-state index contributed by atoms with van der Waals surface area (Å²) in [5.74, 6) is 2.35. The summed E-state index contributed by atoms with van der Waals surface area (Å²) in [7, 11) is 0. The van der Waals surface area contributed by atoms with Crippen LogP contribution in [0.15, 0.2) is 58.3 Å². The fourth-order valence-corrected chi connectivity index (χ4v) is 3.20. The van der Waals surface area contributed by atoms with E-state index in [4.69, 9.17) is 4.42 Å². The maximum absolute atomic E-state index is 5.41. The first-order valence-corrected chi connectivity index (χ1v) is 7.34. The molecule has 0 fully saturated rings. The molecule has 1 aliphatic rings. The third-order valence-electron chi connectivity index (χ3n) is 3.24. The number of hydrogen-bond acceptors (Lipinski definition) is 5. The van der Waals surface area contributed by atoms with Crippen molar-refractivity contribution < 1.29 is 4.42 Å². The Labute approximate surface area is 120 Å². The van der Waals surface area contributed by atoms with Crippen molar-refractivity contribution in [3.05, 3.63) is 54.3 Å². The van der Waals surface area contributed by atoms with Gasteiger partial charge in [0.25, 0.3) is 0 Å². The van der Waals surface area contributed by atoms with Gasteiger partial charge in [0.2, 0.25) is 11.0 Å². The molecule has 1 unspecified atom stereocenters. The van der Waals surface area contributed by atoms with Crippen LogP contribution in [0.5, 0.6) is 0 Å². The van der Waals surface area contributed by atoms with Crippen molar-refractivity contribution in [2.75, 3.05) is 11.2 Å². The number of thioether (sulfide) groups is 1. The van der Waals surface area contributed by atoms with Gasteiger partial charge in [-0.2, -0.15) is 0 Å². The molecule has 0 radical (unpaired) electrons. The van der Waals surface area contributed by atoms with E-state index >= 15 is 0 Å². The van der Waals surface area contributed by atoms with Gasteiger partial charge in [0, 0.05) is 5.75 Å². The van der Waals surface area contributed by atoms with Crippen LogP contribution in [0.2, 0.25) is 0 Å². The lowest BCUT2D eigenvalue weighted by Gasteiger charge is -2.26. The minimum absolute atomic E-state index is 0.235. The predicted molar refractivity (Wildman–Crippen MR) is 77.0 cm³/mol. The van der Waals surface area contributed by atoms with Gasteiger partial charge in [0.1, 0.15) is 0 Å². The third kappa shape index (κ3) is 1.89. The number of aromatic nitrogens is 3. The Morgan fingerprint density at radius 2 is 2.05 bits per heavy atom. The van der Waals surface area contributed by atoms with Gasteiger partial charge in [-0.05, 0) is 17.7 Å². The standard InChI is InChI=1S/C14H12N4OS/c1-2-5-10(6-3-1)11-9-20-14-16-15-13(18(14)17-11)12-7-4-8-19-12/h1-8,11,17H,9H2. The number of hydrogen-bond donors (Lipinski definition) is 1. The lowest BCUT2D eigenvalue weighted by atomic mass is 10.1. The normalized spacial score (nSPS) is 17.5. The van der Waals surface area contributed by atoms with E-state index in [-0.39, 0.29) is 6.04 Å². The van der Waals surface area contributed by atoms with E-state index in [2.05, 4.69) is 39.9 Å². The molecule has 1 N–H and O–H groups in total. The first-order chi connectivity index (χ1) is 9.92. The van der Waals surface area contributed by atoms with Crippen molar-refractivity contribution in [1.82, 2.24) is 14.9 Å². The van der Waals surface area contributed by atoms with Gasteiger partial charge in [-0.1, -0.05) is 42.1 Å². The van der Waals surface area contributed by atoms with Crippen molar-refractivity contribution >= 4 is 11.8 Å². The first-order valence-electron chi connectivity index (χ1n) is 6.35. The topological polar surface area (TPSA) is 55.9 Å². The molecule has 6 heteroatoms. The van der Waals surface area contributed by atoms with Crippen molar-refractivity contribution in [3.8, 4) is 11.6 Å².